The maximum Gasteiger partial charge on any atom is 0.228 e. The molecule has 0 saturated carbocycles. The molecule has 3 heterocycles. The molecule has 2 aliphatic heterocycles. The van der Waals surface area contributed by atoms with E-state index in [1.165, 1.54) is 12.1 Å². The summed E-state index contributed by atoms with van der Waals surface area (Å²) in [5.74, 6) is -0.408. The second kappa shape index (κ2) is 6.22. The summed E-state index contributed by atoms with van der Waals surface area (Å²) in [6.07, 6.45) is 1.03. The number of carbonyl (C=O) groups excluding carboxylic acids is 2. The summed E-state index contributed by atoms with van der Waals surface area (Å²) >= 11 is 1.55. The number of hydrogen-bond donors (Lipinski definition) is 0. The topological polar surface area (TPSA) is 53.5 Å². The van der Waals surface area contributed by atoms with Crippen molar-refractivity contribution in [3.8, 4) is 10.6 Å². The van der Waals surface area contributed by atoms with Gasteiger partial charge in [0.05, 0.1) is 18.2 Å². The van der Waals surface area contributed by atoms with Crippen molar-refractivity contribution in [3.05, 3.63) is 40.7 Å². The van der Waals surface area contributed by atoms with Gasteiger partial charge in [-0.05, 0) is 24.3 Å². The van der Waals surface area contributed by atoms with Gasteiger partial charge in [0.15, 0.2) is 0 Å². The highest BCUT2D eigenvalue weighted by molar-refractivity contribution is 7.15. The quantitative estimate of drug-likeness (QED) is 0.827. The Bertz CT molecular complexity index is 833. The van der Waals surface area contributed by atoms with Crippen molar-refractivity contribution in [2.24, 2.45) is 5.92 Å². The van der Waals surface area contributed by atoms with Crippen LogP contribution in [0.15, 0.2) is 24.3 Å². The average Bonchev–Trinajstić information content (AvgIpc) is 3.18. The molecule has 130 valence electrons. The number of benzene rings is 1. The zero-order chi connectivity index (χ0) is 17.6. The molecule has 1 atom stereocenters. The Morgan fingerprint density at radius 1 is 1.32 bits per heavy atom. The minimum Gasteiger partial charge on any atom is -0.345 e. The molecule has 4 rings (SSSR count). The monoisotopic (exact) mass is 359 g/mol. The van der Waals surface area contributed by atoms with E-state index in [1.54, 1.807) is 35.4 Å². The van der Waals surface area contributed by atoms with Crippen molar-refractivity contribution < 1.29 is 14.0 Å². The van der Waals surface area contributed by atoms with Crippen molar-refractivity contribution in [3.63, 3.8) is 0 Å². The zero-order valence-corrected chi connectivity index (χ0v) is 14.7. The molecule has 1 unspecified atom stereocenters. The first-order chi connectivity index (χ1) is 12.0. The largest absolute Gasteiger partial charge is 0.345 e. The van der Waals surface area contributed by atoms with Crippen LogP contribution in [0.2, 0.25) is 0 Å². The van der Waals surface area contributed by atoms with Crippen LogP contribution >= 0.6 is 11.3 Å². The zero-order valence-electron chi connectivity index (χ0n) is 13.9. The van der Waals surface area contributed by atoms with Gasteiger partial charge < -0.3 is 9.80 Å². The average molecular weight is 359 g/mol. The predicted molar refractivity (Wildman–Crippen MR) is 92.4 cm³/mol. The minimum absolute atomic E-state index is 0.0347. The van der Waals surface area contributed by atoms with Gasteiger partial charge in [-0.2, -0.15) is 0 Å². The molecule has 1 fully saturated rings. The lowest BCUT2D eigenvalue weighted by molar-refractivity contribution is -0.136. The van der Waals surface area contributed by atoms with Crippen LogP contribution in [-0.2, 0) is 22.6 Å². The third-order valence-corrected chi connectivity index (χ3v) is 5.96. The second-order valence-electron chi connectivity index (χ2n) is 6.58. The maximum atomic E-state index is 13.1. The van der Waals surface area contributed by atoms with E-state index in [1.807, 2.05) is 4.90 Å². The molecule has 25 heavy (non-hydrogen) atoms. The van der Waals surface area contributed by atoms with E-state index in [9.17, 15) is 14.0 Å². The summed E-state index contributed by atoms with van der Waals surface area (Å²) in [6, 6.07) is 6.31. The molecular weight excluding hydrogens is 341 g/mol. The van der Waals surface area contributed by atoms with E-state index in [-0.39, 0.29) is 23.5 Å². The van der Waals surface area contributed by atoms with Crippen LogP contribution in [-0.4, -0.2) is 46.7 Å². The van der Waals surface area contributed by atoms with Crippen LogP contribution in [0.4, 0.5) is 4.39 Å². The van der Waals surface area contributed by atoms with Crippen LogP contribution < -0.4 is 0 Å². The number of aromatic nitrogens is 1. The Morgan fingerprint density at radius 3 is 2.76 bits per heavy atom. The highest BCUT2D eigenvalue weighted by Gasteiger charge is 2.36. The number of amides is 2. The van der Waals surface area contributed by atoms with E-state index in [2.05, 4.69) is 4.98 Å². The van der Waals surface area contributed by atoms with E-state index in [4.69, 9.17) is 0 Å². The fourth-order valence-corrected chi connectivity index (χ4v) is 4.52. The van der Waals surface area contributed by atoms with Crippen molar-refractivity contribution in [2.45, 2.75) is 19.4 Å². The molecule has 0 spiro atoms. The summed E-state index contributed by atoms with van der Waals surface area (Å²) < 4.78 is 13.1. The Kier molecular flexibility index (Phi) is 4.03. The summed E-state index contributed by atoms with van der Waals surface area (Å²) in [4.78, 5) is 33.6. The molecule has 1 aromatic carbocycles. The summed E-state index contributed by atoms with van der Waals surface area (Å²) in [5.41, 5.74) is 1.91. The van der Waals surface area contributed by atoms with Crippen LogP contribution in [0, 0.1) is 11.7 Å². The number of rotatable bonds is 2. The number of hydrogen-bond acceptors (Lipinski definition) is 4. The van der Waals surface area contributed by atoms with Gasteiger partial charge >= 0.3 is 0 Å². The SMILES string of the molecule is CN1CC(C(=O)N2CCc3nc(-c4ccc(F)cc4)sc3C2)CC1=O. The van der Waals surface area contributed by atoms with E-state index in [0.29, 0.717) is 26.1 Å². The second-order valence-corrected chi connectivity index (χ2v) is 7.66. The third kappa shape index (κ3) is 3.04. The van der Waals surface area contributed by atoms with Crippen molar-refractivity contribution >= 4 is 23.2 Å². The van der Waals surface area contributed by atoms with Gasteiger partial charge in [0, 0.05) is 43.4 Å². The van der Waals surface area contributed by atoms with Crippen molar-refractivity contribution in [1.82, 2.24) is 14.8 Å². The van der Waals surface area contributed by atoms with Crippen molar-refractivity contribution in [1.29, 1.82) is 0 Å². The number of nitrogens with zero attached hydrogens (tertiary/aromatic N) is 3. The van der Waals surface area contributed by atoms with Crippen LogP contribution in [0.1, 0.15) is 17.0 Å². The normalized spacial score (nSPS) is 20.1. The molecule has 2 aromatic rings. The minimum atomic E-state index is -0.266. The molecule has 0 radical (unpaired) electrons. The number of halogens is 1. The molecule has 0 aliphatic carbocycles. The first kappa shape index (κ1) is 16.2. The van der Waals surface area contributed by atoms with E-state index < -0.39 is 0 Å². The summed E-state index contributed by atoms with van der Waals surface area (Å²) in [6.45, 7) is 1.68. The Hall–Kier alpha value is -2.28. The van der Waals surface area contributed by atoms with E-state index in [0.717, 1.165) is 27.6 Å². The molecule has 2 amide bonds. The number of thiazole rings is 1. The predicted octanol–water partition coefficient (Wildman–Crippen LogP) is 2.31. The Balaban J connectivity index is 1.51. The van der Waals surface area contributed by atoms with Gasteiger partial charge in [-0.3, -0.25) is 9.59 Å². The summed E-state index contributed by atoms with van der Waals surface area (Å²) in [5, 5.41) is 0.857. The molecule has 1 aromatic heterocycles. The van der Waals surface area contributed by atoms with Crippen molar-refractivity contribution in [2.75, 3.05) is 20.1 Å². The number of fused-ring (bicyclic) bond motifs is 1. The lowest BCUT2D eigenvalue weighted by Crippen LogP contribution is -2.40. The van der Waals surface area contributed by atoms with Gasteiger partial charge in [-0.15, -0.1) is 11.3 Å². The molecule has 1 saturated heterocycles. The fourth-order valence-electron chi connectivity index (χ4n) is 3.39. The maximum absolute atomic E-state index is 13.1. The molecule has 7 heteroatoms. The van der Waals surface area contributed by atoms with Crippen LogP contribution in [0.5, 0.6) is 0 Å². The number of carbonyl (C=O) groups is 2. The van der Waals surface area contributed by atoms with Gasteiger partial charge in [0.25, 0.3) is 0 Å². The standard InChI is InChI=1S/C18H18FN3O2S/c1-21-9-12(8-16(21)23)18(24)22-7-6-14-15(10-22)25-17(20-14)11-2-4-13(19)5-3-11/h2-5,12H,6-10H2,1H3. The molecule has 0 bridgehead atoms. The Labute approximate surface area is 149 Å². The van der Waals surface area contributed by atoms with Gasteiger partial charge in [-0.1, -0.05) is 0 Å². The fraction of sp³-hybridized carbons (Fsp3) is 0.389. The van der Waals surface area contributed by atoms with Crippen LogP contribution in [0.3, 0.4) is 0 Å². The lowest BCUT2D eigenvalue weighted by atomic mass is 10.1. The first-order valence-electron chi connectivity index (χ1n) is 8.28. The highest BCUT2D eigenvalue weighted by Crippen LogP contribution is 2.32. The highest BCUT2D eigenvalue weighted by atomic mass is 32.1. The van der Waals surface area contributed by atoms with Gasteiger partial charge in [-0.25, -0.2) is 9.37 Å². The third-order valence-electron chi connectivity index (χ3n) is 4.82. The van der Waals surface area contributed by atoms with E-state index >= 15 is 0 Å². The summed E-state index contributed by atoms with van der Waals surface area (Å²) in [7, 11) is 1.74. The lowest BCUT2D eigenvalue weighted by Gasteiger charge is -2.28. The molecule has 2 aliphatic rings. The molecule has 0 N–H and O–H groups in total. The first-order valence-corrected chi connectivity index (χ1v) is 9.10. The Morgan fingerprint density at radius 2 is 2.08 bits per heavy atom. The molecular formula is C18H18FN3O2S. The smallest absolute Gasteiger partial charge is 0.228 e. The molecule has 5 nitrogen and oxygen atoms in total. The number of likely N-dealkylation sites (tertiary alicyclic amines) is 1. The van der Waals surface area contributed by atoms with Gasteiger partial charge in [0.1, 0.15) is 10.8 Å². The van der Waals surface area contributed by atoms with Crippen LogP contribution in [0.25, 0.3) is 10.6 Å². The van der Waals surface area contributed by atoms with Gasteiger partial charge in [0.2, 0.25) is 11.8 Å².